The summed E-state index contributed by atoms with van der Waals surface area (Å²) in [6.07, 6.45) is 4.70. The molecule has 1 saturated carbocycles. The van der Waals surface area contributed by atoms with Crippen LogP contribution < -0.4 is 0 Å². The Bertz CT molecular complexity index is 158. The largest absolute Gasteiger partial charge is 0.393 e. The Hall–Kier alpha value is -0.0800. The third-order valence-corrected chi connectivity index (χ3v) is 3.47. The first-order chi connectivity index (χ1) is 6.65. The lowest BCUT2D eigenvalue weighted by atomic mass is 9.86. The summed E-state index contributed by atoms with van der Waals surface area (Å²) in [6, 6.07) is 0.606. The van der Waals surface area contributed by atoms with Crippen molar-refractivity contribution >= 4 is 0 Å². The molecule has 2 atom stereocenters. The SMILES string of the molecule is CCN(CC1CCCCC1O)C(C)C. The van der Waals surface area contributed by atoms with Gasteiger partial charge in [0.15, 0.2) is 0 Å². The van der Waals surface area contributed by atoms with E-state index < -0.39 is 0 Å². The van der Waals surface area contributed by atoms with Crippen molar-refractivity contribution in [3.8, 4) is 0 Å². The summed E-state index contributed by atoms with van der Waals surface area (Å²) < 4.78 is 0. The van der Waals surface area contributed by atoms with E-state index in [4.69, 9.17) is 0 Å². The van der Waals surface area contributed by atoms with Crippen LogP contribution >= 0.6 is 0 Å². The quantitative estimate of drug-likeness (QED) is 0.751. The van der Waals surface area contributed by atoms with Gasteiger partial charge in [-0.3, -0.25) is 0 Å². The summed E-state index contributed by atoms with van der Waals surface area (Å²) in [6.45, 7) is 8.85. The average molecular weight is 199 g/mol. The van der Waals surface area contributed by atoms with Crippen LogP contribution in [0.4, 0.5) is 0 Å². The van der Waals surface area contributed by atoms with E-state index in [1.807, 2.05) is 0 Å². The molecule has 0 aromatic rings. The zero-order valence-corrected chi connectivity index (χ0v) is 9.87. The lowest BCUT2D eigenvalue weighted by Crippen LogP contribution is -2.40. The van der Waals surface area contributed by atoms with E-state index in [1.54, 1.807) is 0 Å². The van der Waals surface area contributed by atoms with Crippen molar-refractivity contribution in [3.05, 3.63) is 0 Å². The second-order valence-electron chi connectivity index (χ2n) is 4.79. The molecule has 0 spiro atoms. The molecule has 0 aromatic carbocycles. The molecule has 1 fully saturated rings. The van der Waals surface area contributed by atoms with E-state index in [1.165, 1.54) is 19.3 Å². The van der Waals surface area contributed by atoms with Gasteiger partial charge in [-0.25, -0.2) is 0 Å². The first-order valence-corrected chi connectivity index (χ1v) is 6.07. The van der Waals surface area contributed by atoms with Gasteiger partial charge in [0.2, 0.25) is 0 Å². The fourth-order valence-electron chi connectivity index (χ4n) is 2.41. The standard InChI is InChI=1S/C12H25NO/c1-4-13(10(2)3)9-11-7-5-6-8-12(11)14/h10-12,14H,4-9H2,1-3H3. The lowest BCUT2D eigenvalue weighted by molar-refractivity contribution is 0.0411. The molecule has 1 N–H and O–H groups in total. The highest BCUT2D eigenvalue weighted by atomic mass is 16.3. The van der Waals surface area contributed by atoms with Gasteiger partial charge in [-0.2, -0.15) is 0 Å². The maximum Gasteiger partial charge on any atom is 0.0580 e. The summed E-state index contributed by atoms with van der Waals surface area (Å²) in [5.74, 6) is 0.520. The number of rotatable bonds is 4. The van der Waals surface area contributed by atoms with Gasteiger partial charge < -0.3 is 10.0 Å². The molecule has 2 unspecified atom stereocenters. The maximum absolute atomic E-state index is 9.87. The summed E-state index contributed by atoms with van der Waals surface area (Å²) in [5, 5.41) is 9.87. The van der Waals surface area contributed by atoms with Crippen LogP contribution in [0.2, 0.25) is 0 Å². The molecule has 0 aromatic heterocycles. The van der Waals surface area contributed by atoms with Crippen LogP contribution in [0.15, 0.2) is 0 Å². The third-order valence-electron chi connectivity index (χ3n) is 3.47. The van der Waals surface area contributed by atoms with Crippen LogP contribution in [0.1, 0.15) is 46.5 Å². The number of hydrogen-bond donors (Lipinski definition) is 1. The lowest BCUT2D eigenvalue weighted by Gasteiger charge is -2.34. The predicted octanol–water partition coefficient (Wildman–Crippen LogP) is 2.27. The smallest absolute Gasteiger partial charge is 0.0580 e. The first-order valence-electron chi connectivity index (χ1n) is 6.07. The average Bonchev–Trinajstić information content (AvgIpc) is 2.16. The van der Waals surface area contributed by atoms with E-state index in [-0.39, 0.29) is 6.10 Å². The molecule has 2 nitrogen and oxygen atoms in total. The molecule has 0 heterocycles. The fraction of sp³-hybridized carbons (Fsp3) is 1.00. The Balaban J connectivity index is 2.39. The molecule has 84 valence electrons. The number of aliphatic hydroxyl groups excluding tert-OH is 1. The molecule has 0 bridgehead atoms. The Morgan fingerprint density at radius 2 is 1.93 bits per heavy atom. The summed E-state index contributed by atoms with van der Waals surface area (Å²) in [7, 11) is 0. The van der Waals surface area contributed by atoms with E-state index in [0.29, 0.717) is 12.0 Å². The summed E-state index contributed by atoms with van der Waals surface area (Å²) in [5.41, 5.74) is 0. The van der Waals surface area contributed by atoms with Crippen molar-refractivity contribution in [1.82, 2.24) is 4.90 Å². The van der Waals surface area contributed by atoms with Crippen LogP contribution in [0.5, 0.6) is 0 Å². The van der Waals surface area contributed by atoms with Crippen LogP contribution in [0, 0.1) is 5.92 Å². The van der Waals surface area contributed by atoms with E-state index in [9.17, 15) is 5.11 Å². The van der Waals surface area contributed by atoms with Crippen molar-refractivity contribution in [2.24, 2.45) is 5.92 Å². The van der Waals surface area contributed by atoms with Crippen LogP contribution in [0.3, 0.4) is 0 Å². The van der Waals surface area contributed by atoms with Gasteiger partial charge in [-0.15, -0.1) is 0 Å². The van der Waals surface area contributed by atoms with Crippen molar-refractivity contribution in [3.63, 3.8) is 0 Å². The van der Waals surface area contributed by atoms with Gasteiger partial charge in [0.05, 0.1) is 6.10 Å². The molecule has 0 aliphatic heterocycles. The van der Waals surface area contributed by atoms with Crippen LogP contribution in [-0.2, 0) is 0 Å². The normalized spacial score (nSPS) is 28.7. The highest BCUT2D eigenvalue weighted by Crippen LogP contribution is 2.25. The van der Waals surface area contributed by atoms with Gasteiger partial charge in [-0.1, -0.05) is 19.8 Å². The predicted molar refractivity (Wildman–Crippen MR) is 60.3 cm³/mol. The van der Waals surface area contributed by atoms with E-state index in [2.05, 4.69) is 25.7 Å². The molecule has 0 radical (unpaired) electrons. The van der Waals surface area contributed by atoms with Crippen LogP contribution in [0.25, 0.3) is 0 Å². The highest BCUT2D eigenvalue weighted by Gasteiger charge is 2.25. The van der Waals surface area contributed by atoms with Crippen molar-refractivity contribution in [2.75, 3.05) is 13.1 Å². The molecule has 1 aliphatic rings. The molecule has 0 saturated heterocycles. The van der Waals surface area contributed by atoms with Gasteiger partial charge in [0, 0.05) is 12.6 Å². The minimum Gasteiger partial charge on any atom is -0.393 e. The van der Waals surface area contributed by atoms with Gasteiger partial charge in [0.1, 0.15) is 0 Å². The Morgan fingerprint density at radius 3 is 2.43 bits per heavy atom. The second-order valence-corrected chi connectivity index (χ2v) is 4.79. The Kier molecular flexibility index (Phi) is 4.90. The Labute approximate surface area is 88.3 Å². The van der Waals surface area contributed by atoms with Crippen LogP contribution in [-0.4, -0.2) is 35.2 Å². The highest BCUT2D eigenvalue weighted by molar-refractivity contribution is 4.78. The van der Waals surface area contributed by atoms with Gasteiger partial charge in [-0.05, 0) is 39.2 Å². The van der Waals surface area contributed by atoms with Gasteiger partial charge in [0.25, 0.3) is 0 Å². The van der Waals surface area contributed by atoms with Crippen molar-refractivity contribution in [2.45, 2.75) is 58.6 Å². The molecule has 2 heteroatoms. The molecular weight excluding hydrogens is 174 g/mol. The van der Waals surface area contributed by atoms with Gasteiger partial charge >= 0.3 is 0 Å². The monoisotopic (exact) mass is 199 g/mol. The maximum atomic E-state index is 9.87. The minimum absolute atomic E-state index is 0.0449. The molecule has 1 rings (SSSR count). The van der Waals surface area contributed by atoms with E-state index >= 15 is 0 Å². The number of hydrogen-bond acceptors (Lipinski definition) is 2. The third kappa shape index (κ3) is 3.25. The summed E-state index contributed by atoms with van der Waals surface area (Å²) >= 11 is 0. The topological polar surface area (TPSA) is 23.5 Å². The number of aliphatic hydroxyl groups is 1. The van der Waals surface area contributed by atoms with E-state index in [0.717, 1.165) is 19.5 Å². The van der Waals surface area contributed by atoms with Crippen molar-refractivity contribution in [1.29, 1.82) is 0 Å². The zero-order chi connectivity index (χ0) is 10.6. The molecule has 1 aliphatic carbocycles. The zero-order valence-electron chi connectivity index (χ0n) is 9.87. The van der Waals surface area contributed by atoms with Crippen molar-refractivity contribution < 1.29 is 5.11 Å². The molecule has 0 amide bonds. The Morgan fingerprint density at radius 1 is 1.29 bits per heavy atom. The fourth-order valence-corrected chi connectivity index (χ4v) is 2.41. The molecular formula is C12H25NO. The summed E-state index contributed by atoms with van der Waals surface area (Å²) in [4.78, 5) is 2.46. The first kappa shape index (κ1) is 12.0. The second kappa shape index (κ2) is 5.72. The number of nitrogens with zero attached hydrogens (tertiary/aromatic N) is 1. The minimum atomic E-state index is -0.0449. The molecule has 14 heavy (non-hydrogen) atoms.